The van der Waals surface area contributed by atoms with Crippen LogP contribution in [0.4, 0.5) is 0 Å². The standard InChI is InChI=1S/C8H14O2/c1-8(10)4-5-2-6(8)3-7(5)9/h5-7,9-10H,2-4H2,1H3/t5-,6-,7?,8?/m1/s1. The first-order chi connectivity index (χ1) is 4.59. The summed E-state index contributed by atoms with van der Waals surface area (Å²) >= 11 is 0. The molecule has 2 aliphatic rings. The lowest BCUT2D eigenvalue weighted by Gasteiger charge is -2.30. The Labute approximate surface area is 60.9 Å². The van der Waals surface area contributed by atoms with Gasteiger partial charge in [0.15, 0.2) is 0 Å². The lowest BCUT2D eigenvalue weighted by Crippen LogP contribution is -2.35. The van der Waals surface area contributed by atoms with Gasteiger partial charge in [0, 0.05) is 0 Å². The molecule has 0 aliphatic heterocycles. The zero-order chi connectivity index (χ0) is 7.35. The highest BCUT2D eigenvalue weighted by molar-refractivity contribution is 5.02. The summed E-state index contributed by atoms with van der Waals surface area (Å²) in [7, 11) is 0. The van der Waals surface area contributed by atoms with E-state index in [0.29, 0.717) is 11.8 Å². The van der Waals surface area contributed by atoms with Crippen molar-refractivity contribution in [3.8, 4) is 0 Å². The molecule has 0 amide bonds. The van der Waals surface area contributed by atoms with Crippen LogP contribution in [0.3, 0.4) is 0 Å². The van der Waals surface area contributed by atoms with Crippen LogP contribution in [0.5, 0.6) is 0 Å². The van der Waals surface area contributed by atoms with E-state index >= 15 is 0 Å². The second-order valence-corrected chi connectivity index (χ2v) is 4.06. The van der Waals surface area contributed by atoms with Crippen molar-refractivity contribution in [1.29, 1.82) is 0 Å². The number of aliphatic hydroxyl groups excluding tert-OH is 1. The van der Waals surface area contributed by atoms with Crippen LogP contribution in [0.1, 0.15) is 26.2 Å². The molecule has 2 fully saturated rings. The third kappa shape index (κ3) is 0.722. The van der Waals surface area contributed by atoms with Crippen molar-refractivity contribution in [1.82, 2.24) is 0 Å². The van der Waals surface area contributed by atoms with E-state index in [9.17, 15) is 10.2 Å². The smallest absolute Gasteiger partial charge is 0.0652 e. The first kappa shape index (κ1) is 6.62. The van der Waals surface area contributed by atoms with Gasteiger partial charge in [0.05, 0.1) is 11.7 Å². The highest BCUT2D eigenvalue weighted by Gasteiger charge is 2.51. The molecule has 4 atom stereocenters. The average Bonchev–Trinajstić information content (AvgIpc) is 2.21. The molecule has 0 aromatic rings. The maximum absolute atomic E-state index is 9.69. The predicted octanol–water partition coefficient (Wildman–Crippen LogP) is 0.528. The fourth-order valence-corrected chi connectivity index (χ4v) is 2.53. The minimum atomic E-state index is -0.468. The van der Waals surface area contributed by atoms with Crippen molar-refractivity contribution < 1.29 is 10.2 Å². The third-order valence-electron chi connectivity index (χ3n) is 3.21. The van der Waals surface area contributed by atoms with E-state index in [0.717, 1.165) is 19.3 Å². The Balaban J connectivity index is 2.16. The number of aliphatic hydroxyl groups is 2. The summed E-state index contributed by atoms with van der Waals surface area (Å²) in [6, 6.07) is 0. The Kier molecular flexibility index (Phi) is 1.15. The second kappa shape index (κ2) is 1.74. The molecular weight excluding hydrogens is 128 g/mol. The van der Waals surface area contributed by atoms with Gasteiger partial charge in [-0.3, -0.25) is 0 Å². The minimum Gasteiger partial charge on any atom is -0.393 e. The lowest BCUT2D eigenvalue weighted by molar-refractivity contribution is -0.0284. The van der Waals surface area contributed by atoms with E-state index in [2.05, 4.69) is 0 Å². The summed E-state index contributed by atoms with van der Waals surface area (Å²) in [5.41, 5.74) is -0.468. The highest BCUT2D eigenvalue weighted by Crippen LogP contribution is 2.50. The van der Waals surface area contributed by atoms with Gasteiger partial charge in [0.2, 0.25) is 0 Å². The average molecular weight is 142 g/mol. The second-order valence-electron chi connectivity index (χ2n) is 4.06. The number of hydrogen-bond acceptors (Lipinski definition) is 2. The molecule has 2 nitrogen and oxygen atoms in total. The van der Waals surface area contributed by atoms with Crippen molar-refractivity contribution in [2.24, 2.45) is 11.8 Å². The van der Waals surface area contributed by atoms with Crippen molar-refractivity contribution in [2.45, 2.75) is 37.9 Å². The minimum absolute atomic E-state index is 0.120. The summed E-state index contributed by atoms with van der Waals surface area (Å²) in [4.78, 5) is 0. The van der Waals surface area contributed by atoms with E-state index in [-0.39, 0.29) is 6.10 Å². The van der Waals surface area contributed by atoms with Gasteiger partial charge in [-0.05, 0) is 38.0 Å². The predicted molar refractivity (Wildman–Crippen MR) is 37.5 cm³/mol. The van der Waals surface area contributed by atoms with Crippen LogP contribution in [-0.2, 0) is 0 Å². The van der Waals surface area contributed by atoms with Gasteiger partial charge in [0.1, 0.15) is 0 Å². The maximum atomic E-state index is 9.69. The van der Waals surface area contributed by atoms with E-state index in [1.54, 1.807) is 0 Å². The van der Waals surface area contributed by atoms with Crippen LogP contribution in [0.25, 0.3) is 0 Å². The quantitative estimate of drug-likeness (QED) is 0.518. The molecule has 0 spiro atoms. The van der Waals surface area contributed by atoms with Crippen molar-refractivity contribution in [3.63, 3.8) is 0 Å². The van der Waals surface area contributed by atoms with Crippen LogP contribution in [0, 0.1) is 11.8 Å². The molecule has 2 saturated carbocycles. The first-order valence-corrected chi connectivity index (χ1v) is 4.00. The molecule has 0 aromatic carbocycles. The van der Waals surface area contributed by atoms with E-state index in [4.69, 9.17) is 0 Å². The molecule has 2 rings (SSSR count). The van der Waals surface area contributed by atoms with Gasteiger partial charge in [-0.1, -0.05) is 0 Å². The summed E-state index contributed by atoms with van der Waals surface area (Å²) in [6.45, 7) is 1.89. The summed E-state index contributed by atoms with van der Waals surface area (Å²) < 4.78 is 0. The Morgan fingerprint density at radius 2 is 2.10 bits per heavy atom. The molecule has 2 aliphatic carbocycles. The van der Waals surface area contributed by atoms with Crippen molar-refractivity contribution in [3.05, 3.63) is 0 Å². The van der Waals surface area contributed by atoms with Gasteiger partial charge >= 0.3 is 0 Å². The van der Waals surface area contributed by atoms with Gasteiger partial charge in [0.25, 0.3) is 0 Å². The molecule has 0 radical (unpaired) electrons. The molecule has 2 N–H and O–H groups in total. The molecule has 10 heavy (non-hydrogen) atoms. The maximum Gasteiger partial charge on any atom is 0.0652 e. The van der Waals surface area contributed by atoms with Crippen molar-refractivity contribution >= 4 is 0 Å². The van der Waals surface area contributed by atoms with Gasteiger partial charge < -0.3 is 10.2 Å². The van der Waals surface area contributed by atoms with E-state index < -0.39 is 5.60 Å². The number of fused-ring (bicyclic) bond motifs is 2. The molecule has 58 valence electrons. The largest absolute Gasteiger partial charge is 0.393 e. The normalized spacial score (nSPS) is 59.7. The zero-order valence-corrected chi connectivity index (χ0v) is 6.25. The molecule has 2 bridgehead atoms. The molecule has 0 heterocycles. The SMILES string of the molecule is CC1(O)C[C@H]2C[C@@H]1CC2O. The summed E-state index contributed by atoms with van der Waals surface area (Å²) in [5.74, 6) is 0.757. The van der Waals surface area contributed by atoms with Gasteiger partial charge in [-0.25, -0.2) is 0 Å². The number of rotatable bonds is 0. The molecule has 2 heteroatoms. The van der Waals surface area contributed by atoms with Crippen LogP contribution in [0.15, 0.2) is 0 Å². The topological polar surface area (TPSA) is 40.5 Å². The summed E-state index contributed by atoms with van der Waals surface area (Å²) in [6.07, 6.45) is 2.54. The number of hydrogen-bond donors (Lipinski definition) is 2. The first-order valence-electron chi connectivity index (χ1n) is 4.00. The highest BCUT2D eigenvalue weighted by atomic mass is 16.3. The lowest BCUT2D eigenvalue weighted by atomic mass is 9.85. The monoisotopic (exact) mass is 142 g/mol. The Morgan fingerprint density at radius 3 is 2.40 bits per heavy atom. The Bertz CT molecular complexity index is 151. The third-order valence-corrected chi connectivity index (χ3v) is 3.21. The van der Waals surface area contributed by atoms with Gasteiger partial charge in [-0.2, -0.15) is 0 Å². The summed E-state index contributed by atoms with van der Waals surface area (Å²) in [5, 5.41) is 19.0. The van der Waals surface area contributed by atoms with Crippen LogP contribution in [0.2, 0.25) is 0 Å². The fourth-order valence-electron chi connectivity index (χ4n) is 2.53. The van der Waals surface area contributed by atoms with Crippen LogP contribution >= 0.6 is 0 Å². The zero-order valence-electron chi connectivity index (χ0n) is 6.25. The van der Waals surface area contributed by atoms with Gasteiger partial charge in [-0.15, -0.1) is 0 Å². The Morgan fingerprint density at radius 1 is 1.40 bits per heavy atom. The van der Waals surface area contributed by atoms with Crippen molar-refractivity contribution in [2.75, 3.05) is 0 Å². The van der Waals surface area contributed by atoms with Crippen LogP contribution < -0.4 is 0 Å². The fraction of sp³-hybridized carbons (Fsp3) is 1.00. The van der Waals surface area contributed by atoms with E-state index in [1.807, 2.05) is 6.92 Å². The molecule has 0 saturated heterocycles. The van der Waals surface area contributed by atoms with E-state index in [1.165, 1.54) is 0 Å². The Hall–Kier alpha value is -0.0800. The molecule has 2 unspecified atom stereocenters. The molecule has 0 aromatic heterocycles. The molecular formula is C8H14O2. The van der Waals surface area contributed by atoms with Crippen LogP contribution in [-0.4, -0.2) is 21.9 Å².